The fourth-order valence-corrected chi connectivity index (χ4v) is 6.12. The summed E-state index contributed by atoms with van der Waals surface area (Å²) in [6.45, 7) is -0.592. The van der Waals surface area contributed by atoms with Crippen molar-refractivity contribution in [3.05, 3.63) is 42.0 Å². The summed E-state index contributed by atoms with van der Waals surface area (Å²) < 4.78 is 39.7. The Morgan fingerprint density at radius 3 is 2.17 bits per heavy atom. The maximum Gasteiger partial charge on any atom is 0.186 e. The van der Waals surface area contributed by atoms with Gasteiger partial charge in [0.15, 0.2) is 29.1 Å². The van der Waals surface area contributed by atoms with Gasteiger partial charge in [0.1, 0.15) is 42.4 Å². The van der Waals surface area contributed by atoms with Gasteiger partial charge in [-0.05, 0) is 61.2 Å². The Bertz CT molecular complexity index is 1460. The van der Waals surface area contributed by atoms with Crippen molar-refractivity contribution in [3.8, 4) is 28.6 Å². The van der Waals surface area contributed by atoms with Gasteiger partial charge in [-0.25, -0.2) is 0 Å². The van der Waals surface area contributed by atoms with Crippen LogP contribution in [0.4, 0.5) is 0 Å². The van der Waals surface area contributed by atoms with E-state index in [1.807, 2.05) is 30.3 Å². The highest BCUT2D eigenvalue weighted by molar-refractivity contribution is 5.88. The van der Waals surface area contributed by atoms with Gasteiger partial charge in [0.2, 0.25) is 0 Å². The number of hydrogen-bond donors (Lipinski definition) is 7. The first kappa shape index (κ1) is 35.3. The molecule has 7 N–H and O–H groups in total. The molecule has 14 heteroatoms. The molecule has 47 heavy (non-hydrogen) atoms. The van der Waals surface area contributed by atoms with Gasteiger partial charge in [0.05, 0.1) is 46.8 Å². The van der Waals surface area contributed by atoms with Gasteiger partial charge >= 0.3 is 0 Å². The minimum absolute atomic E-state index is 0.0523. The molecular formula is C33H44O14. The molecule has 260 valence electrons. The SMILES string of the molecule is COc1ccc(-c2cc3cc(CCCOC4OC(COC5CC(CO)C(O)C(O)C5O)C(O)C(O)C4O)cc(OC)c3o2)cc1OC. The lowest BCUT2D eigenvalue weighted by Crippen LogP contribution is -2.60. The van der Waals surface area contributed by atoms with Crippen LogP contribution in [0.25, 0.3) is 22.3 Å². The molecule has 0 bridgehead atoms. The van der Waals surface area contributed by atoms with Crippen LogP contribution in [0.15, 0.2) is 40.8 Å². The van der Waals surface area contributed by atoms with Gasteiger partial charge in [-0.1, -0.05) is 0 Å². The Hall–Kier alpha value is -3.02. The molecular weight excluding hydrogens is 620 g/mol. The normalized spacial score (nSPS) is 31.2. The van der Waals surface area contributed by atoms with Crippen LogP contribution in [0.3, 0.4) is 0 Å². The maximum atomic E-state index is 10.5. The number of ether oxygens (including phenoxy) is 6. The molecule has 14 nitrogen and oxygen atoms in total. The summed E-state index contributed by atoms with van der Waals surface area (Å²) in [7, 11) is 4.70. The quantitative estimate of drug-likeness (QED) is 0.123. The lowest BCUT2D eigenvalue weighted by molar-refractivity contribution is -0.307. The van der Waals surface area contributed by atoms with Gasteiger partial charge in [0.25, 0.3) is 0 Å². The minimum atomic E-state index is -1.59. The first-order valence-corrected chi connectivity index (χ1v) is 15.5. The van der Waals surface area contributed by atoms with E-state index < -0.39 is 67.6 Å². The predicted octanol–water partition coefficient (Wildman–Crippen LogP) is 0.363. The molecule has 2 heterocycles. The summed E-state index contributed by atoms with van der Waals surface area (Å²) in [5.41, 5.74) is 2.35. The molecule has 2 aromatic carbocycles. The molecule has 5 rings (SSSR count). The molecule has 0 spiro atoms. The van der Waals surface area contributed by atoms with Crippen molar-refractivity contribution in [2.45, 2.75) is 74.4 Å². The second-order valence-electron chi connectivity index (χ2n) is 11.9. The van der Waals surface area contributed by atoms with Crippen molar-refractivity contribution in [1.82, 2.24) is 0 Å². The van der Waals surface area contributed by atoms with Gasteiger partial charge in [0, 0.05) is 23.5 Å². The van der Waals surface area contributed by atoms with Crippen LogP contribution in [0.5, 0.6) is 17.2 Å². The third kappa shape index (κ3) is 7.52. The van der Waals surface area contributed by atoms with Crippen molar-refractivity contribution in [2.75, 3.05) is 41.2 Å². The number of hydrogen-bond acceptors (Lipinski definition) is 14. The topological polar surface area (TPSA) is 210 Å². The van der Waals surface area contributed by atoms with E-state index in [1.165, 1.54) is 0 Å². The lowest BCUT2D eigenvalue weighted by Gasteiger charge is -2.42. The monoisotopic (exact) mass is 664 g/mol. The van der Waals surface area contributed by atoms with Gasteiger partial charge < -0.3 is 68.6 Å². The summed E-state index contributed by atoms with van der Waals surface area (Å²) in [6, 6.07) is 11.3. The molecule has 1 aliphatic heterocycles. The zero-order valence-electron chi connectivity index (χ0n) is 26.5. The van der Waals surface area contributed by atoms with E-state index >= 15 is 0 Å². The second kappa shape index (κ2) is 15.5. The molecule has 1 saturated carbocycles. The van der Waals surface area contributed by atoms with Crippen LogP contribution in [0.2, 0.25) is 0 Å². The predicted molar refractivity (Wildman–Crippen MR) is 165 cm³/mol. The van der Waals surface area contributed by atoms with E-state index in [0.717, 1.165) is 16.5 Å². The number of fused-ring (bicyclic) bond motifs is 1. The highest BCUT2D eigenvalue weighted by atomic mass is 16.7. The number of methoxy groups -OCH3 is 3. The van der Waals surface area contributed by atoms with Crippen LogP contribution in [0.1, 0.15) is 18.4 Å². The Balaban J connectivity index is 1.18. The molecule has 10 atom stereocenters. The van der Waals surface area contributed by atoms with Crippen LogP contribution in [-0.4, -0.2) is 132 Å². The Labute approximate surface area is 271 Å². The zero-order valence-corrected chi connectivity index (χ0v) is 26.5. The number of aliphatic hydroxyl groups is 7. The van der Waals surface area contributed by atoms with Crippen LogP contribution >= 0.6 is 0 Å². The van der Waals surface area contributed by atoms with Crippen LogP contribution in [0, 0.1) is 5.92 Å². The number of benzene rings is 2. The molecule has 1 aliphatic carbocycles. The molecule has 2 fully saturated rings. The standard InChI is InChI=1S/C33H44O14/c1-41-20-7-6-17(11-22(20)42-2)21-12-18-9-16(10-24(43-3)32(18)46-21)5-4-8-44-33-31(40)30(39)28(37)25(47-33)15-45-23-13-19(14-34)26(35)29(38)27(23)36/h6-7,9-12,19,23,25-31,33-40H,4-5,8,13-15H2,1-3H3. The van der Waals surface area contributed by atoms with E-state index in [2.05, 4.69) is 0 Å². The van der Waals surface area contributed by atoms with Crippen molar-refractivity contribution in [3.63, 3.8) is 0 Å². The highest BCUT2D eigenvalue weighted by Crippen LogP contribution is 2.38. The van der Waals surface area contributed by atoms with Crippen molar-refractivity contribution in [2.24, 2.45) is 5.92 Å². The Morgan fingerprint density at radius 1 is 0.745 bits per heavy atom. The number of aryl methyl sites for hydroxylation is 1. The molecule has 0 amide bonds. The lowest BCUT2D eigenvalue weighted by atomic mass is 9.81. The summed E-state index contributed by atoms with van der Waals surface area (Å²) >= 11 is 0. The fourth-order valence-electron chi connectivity index (χ4n) is 6.12. The zero-order chi connectivity index (χ0) is 33.8. The largest absolute Gasteiger partial charge is 0.493 e. The summed E-state index contributed by atoms with van der Waals surface area (Å²) in [5.74, 6) is 1.65. The Kier molecular flexibility index (Phi) is 11.6. The van der Waals surface area contributed by atoms with Crippen molar-refractivity contribution in [1.29, 1.82) is 0 Å². The molecule has 1 aromatic heterocycles. The molecule has 2 aliphatic rings. The van der Waals surface area contributed by atoms with E-state index in [4.69, 9.17) is 32.8 Å². The van der Waals surface area contributed by atoms with Crippen LogP contribution < -0.4 is 14.2 Å². The van der Waals surface area contributed by atoms with Crippen molar-refractivity contribution >= 4 is 11.0 Å². The average molecular weight is 665 g/mol. The summed E-state index contributed by atoms with van der Waals surface area (Å²) in [5, 5.41) is 72.3. The fraction of sp³-hybridized carbons (Fsp3) is 0.576. The minimum Gasteiger partial charge on any atom is -0.493 e. The Morgan fingerprint density at radius 2 is 1.47 bits per heavy atom. The van der Waals surface area contributed by atoms with Crippen molar-refractivity contribution < 1.29 is 68.6 Å². The third-order valence-electron chi connectivity index (χ3n) is 8.90. The van der Waals surface area contributed by atoms with E-state index in [-0.39, 0.29) is 19.6 Å². The summed E-state index contributed by atoms with van der Waals surface area (Å²) in [4.78, 5) is 0. The van der Waals surface area contributed by atoms with E-state index in [1.54, 1.807) is 27.4 Å². The molecule has 0 radical (unpaired) electrons. The van der Waals surface area contributed by atoms with E-state index in [0.29, 0.717) is 41.4 Å². The molecule has 3 aromatic rings. The first-order chi connectivity index (χ1) is 22.6. The smallest absolute Gasteiger partial charge is 0.186 e. The van der Waals surface area contributed by atoms with E-state index in [9.17, 15) is 35.7 Å². The first-order valence-electron chi connectivity index (χ1n) is 15.5. The third-order valence-corrected chi connectivity index (χ3v) is 8.90. The second-order valence-corrected chi connectivity index (χ2v) is 11.9. The molecule has 1 saturated heterocycles. The number of rotatable bonds is 13. The van der Waals surface area contributed by atoms with Gasteiger partial charge in [-0.3, -0.25) is 0 Å². The number of aliphatic hydroxyl groups excluding tert-OH is 7. The average Bonchev–Trinajstić information content (AvgIpc) is 3.52. The van der Waals surface area contributed by atoms with Gasteiger partial charge in [-0.15, -0.1) is 0 Å². The maximum absolute atomic E-state index is 10.5. The summed E-state index contributed by atoms with van der Waals surface area (Å²) in [6.07, 6.45) is -11.2. The number of furan rings is 1. The van der Waals surface area contributed by atoms with Gasteiger partial charge in [-0.2, -0.15) is 0 Å². The molecule has 10 unspecified atom stereocenters. The highest BCUT2D eigenvalue weighted by Gasteiger charge is 2.47. The van der Waals surface area contributed by atoms with Crippen LogP contribution in [-0.2, 0) is 20.6 Å².